The third-order valence-corrected chi connectivity index (χ3v) is 5.16. The largest absolute Gasteiger partial charge is 0.306 e. The molecular formula is C15H26N2S. The lowest BCUT2D eigenvalue weighted by Gasteiger charge is -2.30. The van der Waals surface area contributed by atoms with Crippen LogP contribution in [-0.4, -0.2) is 11.0 Å². The molecule has 1 heterocycles. The maximum Gasteiger partial charge on any atom is 0.0900 e. The molecule has 0 radical (unpaired) electrons. The Hall–Kier alpha value is -0.410. The van der Waals surface area contributed by atoms with E-state index in [-0.39, 0.29) is 0 Å². The second-order valence-electron chi connectivity index (χ2n) is 5.69. The fourth-order valence-corrected chi connectivity index (χ4v) is 4.03. The van der Waals surface area contributed by atoms with Crippen LogP contribution in [0, 0.1) is 19.8 Å². The molecule has 1 aromatic rings. The highest BCUT2D eigenvalue weighted by Gasteiger charge is 2.22. The molecule has 2 rings (SSSR count). The lowest BCUT2D eigenvalue weighted by Crippen LogP contribution is -2.35. The summed E-state index contributed by atoms with van der Waals surface area (Å²) in [5.41, 5.74) is 1.26. The average molecular weight is 266 g/mol. The third kappa shape index (κ3) is 3.33. The van der Waals surface area contributed by atoms with Crippen molar-refractivity contribution in [3.05, 3.63) is 15.6 Å². The molecule has 1 aromatic heterocycles. The second-order valence-corrected chi connectivity index (χ2v) is 7.10. The number of aromatic nitrogens is 1. The summed E-state index contributed by atoms with van der Waals surface area (Å²) in [6, 6.07) is 1.10. The van der Waals surface area contributed by atoms with Gasteiger partial charge in [-0.15, -0.1) is 11.3 Å². The fraction of sp³-hybridized carbons (Fsp3) is 0.800. The number of aryl methyl sites for hydroxylation is 2. The summed E-state index contributed by atoms with van der Waals surface area (Å²) < 4.78 is 0. The number of hydrogen-bond donors (Lipinski definition) is 1. The van der Waals surface area contributed by atoms with Gasteiger partial charge in [-0.2, -0.15) is 0 Å². The molecule has 1 fully saturated rings. The average Bonchev–Trinajstić information content (AvgIpc) is 2.69. The third-order valence-electron chi connectivity index (χ3n) is 4.26. The van der Waals surface area contributed by atoms with Gasteiger partial charge in [-0.1, -0.05) is 13.3 Å². The van der Waals surface area contributed by atoms with Gasteiger partial charge in [0, 0.05) is 17.0 Å². The monoisotopic (exact) mass is 266 g/mol. The molecule has 0 bridgehead atoms. The van der Waals surface area contributed by atoms with Crippen LogP contribution in [0.5, 0.6) is 0 Å². The van der Waals surface area contributed by atoms with Crippen molar-refractivity contribution in [2.75, 3.05) is 0 Å². The minimum Gasteiger partial charge on any atom is -0.306 e. The van der Waals surface area contributed by atoms with E-state index in [1.165, 1.54) is 47.7 Å². The molecule has 2 nitrogen and oxygen atoms in total. The molecule has 1 aliphatic carbocycles. The van der Waals surface area contributed by atoms with Gasteiger partial charge in [0.15, 0.2) is 0 Å². The Morgan fingerprint density at radius 3 is 2.44 bits per heavy atom. The molecule has 0 amide bonds. The Balaban J connectivity index is 1.88. The summed E-state index contributed by atoms with van der Waals surface area (Å²) in [4.78, 5) is 6.03. The first-order chi connectivity index (χ1) is 8.60. The van der Waals surface area contributed by atoms with E-state index in [9.17, 15) is 0 Å². The zero-order valence-corrected chi connectivity index (χ0v) is 12.9. The zero-order valence-electron chi connectivity index (χ0n) is 12.1. The van der Waals surface area contributed by atoms with Gasteiger partial charge < -0.3 is 5.32 Å². The maximum atomic E-state index is 4.66. The lowest BCUT2D eigenvalue weighted by molar-refractivity contribution is 0.272. The fourth-order valence-electron chi connectivity index (χ4n) is 3.12. The van der Waals surface area contributed by atoms with Crippen molar-refractivity contribution >= 4 is 11.3 Å². The minimum absolute atomic E-state index is 0.401. The van der Waals surface area contributed by atoms with Crippen molar-refractivity contribution in [1.29, 1.82) is 0 Å². The molecule has 18 heavy (non-hydrogen) atoms. The topological polar surface area (TPSA) is 24.9 Å². The van der Waals surface area contributed by atoms with E-state index in [2.05, 4.69) is 38.0 Å². The Kier molecular flexibility index (Phi) is 4.79. The molecule has 1 N–H and O–H groups in total. The molecule has 102 valence electrons. The predicted molar refractivity (Wildman–Crippen MR) is 79.2 cm³/mol. The number of rotatable bonds is 4. The highest BCUT2D eigenvalue weighted by molar-refractivity contribution is 7.11. The highest BCUT2D eigenvalue weighted by Crippen LogP contribution is 2.29. The van der Waals surface area contributed by atoms with Gasteiger partial charge in [0.25, 0.3) is 0 Å². The molecular weight excluding hydrogens is 240 g/mol. The summed E-state index contributed by atoms with van der Waals surface area (Å²) in [5, 5.41) is 4.96. The predicted octanol–water partition coefficient (Wildman–Crippen LogP) is 4.38. The Morgan fingerprint density at radius 1 is 1.28 bits per heavy atom. The van der Waals surface area contributed by atoms with Gasteiger partial charge in [-0.25, -0.2) is 4.98 Å². The van der Waals surface area contributed by atoms with Crippen LogP contribution in [0.1, 0.15) is 67.6 Å². The normalized spacial score (nSPS) is 26.2. The molecule has 0 spiro atoms. The van der Waals surface area contributed by atoms with Crippen molar-refractivity contribution in [1.82, 2.24) is 10.3 Å². The SMILES string of the molecule is CCC1CCC(NC(C)c2nc(C)sc2C)CC1. The summed E-state index contributed by atoms with van der Waals surface area (Å²) in [7, 11) is 0. The molecule has 0 aromatic carbocycles. The highest BCUT2D eigenvalue weighted by atomic mass is 32.1. The van der Waals surface area contributed by atoms with Gasteiger partial charge in [0.1, 0.15) is 0 Å². The van der Waals surface area contributed by atoms with Crippen LogP contribution in [0.25, 0.3) is 0 Å². The van der Waals surface area contributed by atoms with Crippen LogP contribution in [0.3, 0.4) is 0 Å². The van der Waals surface area contributed by atoms with E-state index < -0.39 is 0 Å². The quantitative estimate of drug-likeness (QED) is 0.875. The number of nitrogens with zero attached hydrogens (tertiary/aromatic N) is 1. The smallest absolute Gasteiger partial charge is 0.0900 e. The molecule has 1 unspecified atom stereocenters. The minimum atomic E-state index is 0.401. The second kappa shape index (κ2) is 6.16. The van der Waals surface area contributed by atoms with Crippen LogP contribution in [0.4, 0.5) is 0 Å². The Bertz CT molecular complexity index is 378. The van der Waals surface area contributed by atoms with Crippen LogP contribution in [0.15, 0.2) is 0 Å². The van der Waals surface area contributed by atoms with E-state index in [1.54, 1.807) is 0 Å². The first kappa shape index (κ1) is 14.0. The zero-order chi connectivity index (χ0) is 13.1. The first-order valence-electron chi connectivity index (χ1n) is 7.30. The van der Waals surface area contributed by atoms with Gasteiger partial charge in [0.2, 0.25) is 0 Å². The molecule has 1 aliphatic rings. The van der Waals surface area contributed by atoms with E-state index >= 15 is 0 Å². The van der Waals surface area contributed by atoms with Crippen LogP contribution < -0.4 is 5.32 Å². The Labute approximate surface area is 115 Å². The first-order valence-corrected chi connectivity index (χ1v) is 8.11. The molecule has 1 atom stereocenters. The maximum absolute atomic E-state index is 4.66. The van der Waals surface area contributed by atoms with Crippen LogP contribution >= 0.6 is 11.3 Å². The van der Waals surface area contributed by atoms with Crippen molar-refractivity contribution in [3.63, 3.8) is 0 Å². The van der Waals surface area contributed by atoms with Crippen molar-refractivity contribution in [2.45, 2.75) is 71.9 Å². The van der Waals surface area contributed by atoms with E-state index in [1.807, 2.05) is 11.3 Å². The summed E-state index contributed by atoms with van der Waals surface area (Å²) in [6.45, 7) is 8.86. The Morgan fingerprint density at radius 2 is 1.94 bits per heavy atom. The van der Waals surface area contributed by atoms with E-state index in [0.29, 0.717) is 12.1 Å². The van der Waals surface area contributed by atoms with E-state index in [4.69, 9.17) is 0 Å². The van der Waals surface area contributed by atoms with Crippen molar-refractivity contribution in [3.8, 4) is 0 Å². The molecule has 0 saturated heterocycles. The van der Waals surface area contributed by atoms with E-state index in [0.717, 1.165) is 5.92 Å². The molecule has 3 heteroatoms. The summed E-state index contributed by atoms with van der Waals surface area (Å²) in [6.07, 6.45) is 6.83. The number of thiazole rings is 1. The van der Waals surface area contributed by atoms with Gasteiger partial charge in [0.05, 0.1) is 10.7 Å². The van der Waals surface area contributed by atoms with Crippen molar-refractivity contribution < 1.29 is 0 Å². The van der Waals surface area contributed by atoms with Crippen molar-refractivity contribution in [2.24, 2.45) is 5.92 Å². The summed E-state index contributed by atoms with van der Waals surface area (Å²) >= 11 is 1.81. The molecule has 0 aliphatic heterocycles. The van der Waals surface area contributed by atoms with Crippen LogP contribution in [-0.2, 0) is 0 Å². The number of hydrogen-bond acceptors (Lipinski definition) is 3. The van der Waals surface area contributed by atoms with Gasteiger partial charge in [-0.3, -0.25) is 0 Å². The standard InChI is InChI=1S/C15H26N2S/c1-5-13-6-8-14(9-7-13)16-10(2)15-11(3)18-12(4)17-15/h10,13-14,16H,5-9H2,1-4H3. The van der Waals surface area contributed by atoms with Crippen LogP contribution in [0.2, 0.25) is 0 Å². The van der Waals surface area contributed by atoms with Gasteiger partial charge in [-0.05, 0) is 52.4 Å². The molecule has 1 saturated carbocycles. The lowest BCUT2D eigenvalue weighted by atomic mass is 9.84. The van der Waals surface area contributed by atoms with Gasteiger partial charge >= 0.3 is 0 Å². The number of nitrogens with one attached hydrogen (secondary N) is 1. The summed E-state index contributed by atoms with van der Waals surface area (Å²) in [5.74, 6) is 0.974.